The van der Waals surface area contributed by atoms with Crippen molar-refractivity contribution in [2.45, 2.75) is 52.1 Å². The number of fused-ring (bicyclic) bond motifs is 3. The maximum atomic E-state index is 11.8. The Labute approximate surface area is 103 Å². The molecule has 2 saturated carbocycles. The topological polar surface area (TPSA) is 26.3 Å². The number of hydrogen-bond donors (Lipinski definition) is 0. The lowest BCUT2D eigenvalue weighted by Gasteiger charge is -2.50. The molecule has 3 rings (SSSR count). The van der Waals surface area contributed by atoms with Crippen LogP contribution in [-0.2, 0) is 9.53 Å². The van der Waals surface area contributed by atoms with Crippen molar-refractivity contribution in [2.75, 3.05) is 0 Å². The zero-order chi connectivity index (χ0) is 12.2. The largest absolute Gasteiger partial charge is 0.461 e. The summed E-state index contributed by atoms with van der Waals surface area (Å²) in [5.74, 6) is 0.973. The molecule has 0 radical (unpaired) electrons. The first-order chi connectivity index (χ1) is 8.03. The molecule has 3 aliphatic rings. The minimum absolute atomic E-state index is 0.0163. The van der Waals surface area contributed by atoms with Crippen molar-refractivity contribution in [2.24, 2.45) is 23.2 Å². The summed E-state index contributed by atoms with van der Waals surface area (Å²) in [6.07, 6.45) is 6.16. The summed E-state index contributed by atoms with van der Waals surface area (Å²) in [5, 5.41) is 0. The summed E-state index contributed by atoms with van der Waals surface area (Å²) < 4.78 is 5.68. The molecular formula is C15H22O2. The maximum absolute atomic E-state index is 11.8. The predicted molar refractivity (Wildman–Crippen MR) is 66.4 cm³/mol. The molecule has 0 aromatic rings. The molecule has 0 amide bonds. The van der Waals surface area contributed by atoms with Gasteiger partial charge in [-0.05, 0) is 37.5 Å². The van der Waals surface area contributed by atoms with E-state index in [1.807, 2.05) is 6.92 Å². The Bertz CT molecular complexity index is 373. The van der Waals surface area contributed by atoms with Crippen LogP contribution in [0.2, 0.25) is 0 Å². The molecule has 94 valence electrons. The van der Waals surface area contributed by atoms with Crippen LogP contribution in [0.1, 0.15) is 46.0 Å². The lowest BCUT2D eigenvalue weighted by atomic mass is 9.55. The zero-order valence-corrected chi connectivity index (χ0v) is 10.9. The van der Waals surface area contributed by atoms with E-state index in [9.17, 15) is 4.79 Å². The normalized spacial score (nSPS) is 49.5. The summed E-state index contributed by atoms with van der Waals surface area (Å²) in [4.78, 5) is 11.8. The molecule has 1 aliphatic heterocycles. The number of rotatable bonds is 0. The van der Waals surface area contributed by atoms with E-state index in [1.54, 1.807) is 0 Å². The molecule has 1 saturated heterocycles. The Morgan fingerprint density at radius 3 is 2.94 bits per heavy atom. The summed E-state index contributed by atoms with van der Waals surface area (Å²) in [6, 6.07) is 0. The highest BCUT2D eigenvalue weighted by molar-refractivity contribution is 5.75. The van der Waals surface area contributed by atoms with Gasteiger partial charge in [0.15, 0.2) is 0 Å². The zero-order valence-electron chi connectivity index (χ0n) is 10.9. The Balaban J connectivity index is 1.95. The van der Waals surface area contributed by atoms with Crippen molar-refractivity contribution in [1.29, 1.82) is 0 Å². The number of carbonyl (C=O) groups is 1. The average molecular weight is 234 g/mol. The minimum Gasteiger partial charge on any atom is -0.461 e. The SMILES string of the molecule is C=C1CCC[C@@]2(C)CC[C@@H]3[C@H](OC(=O)[C@H]3C)[C@@H]12. The fraction of sp³-hybridized carbons (Fsp3) is 0.800. The smallest absolute Gasteiger partial charge is 0.309 e. The van der Waals surface area contributed by atoms with Crippen molar-refractivity contribution in [3.05, 3.63) is 12.2 Å². The van der Waals surface area contributed by atoms with Gasteiger partial charge in [-0.3, -0.25) is 4.79 Å². The molecule has 3 fully saturated rings. The van der Waals surface area contributed by atoms with Crippen molar-refractivity contribution >= 4 is 5.97 Å². The van der Waals surface area contributed by atoms with Crippen LogP contribution in [0.25, 0.3) is 0 Å². The number of ether oxygens (including phenoxy) is 1. The van der Waals surface area contributed by atoms with Gasteiger partial charge in [-0.2, -0.15) is 0 Å². The van der Waals surface area contributed by atoms with E-state index in [1.165, 1.54) is 24.8 Å². The van der Waals surface area contributed by atoms with Gasteiger partial charge in [0.05, 0.1) is 5.92 Å². The van der Waals surface area contributed by atoms with Crippen LogP contribution in [0.5, 0.6) is 0 Å². The van der Waals surface area contributed by atoms with E-state index in [0.29, 0.717) is 17.3 Å². The van der Waals surface area contributed by atoms with Gasteiger partial charge in [0, 0.05) is 11.8 Å². The predicted octanol–water partition coefficient (Wildman–Crippen LogP) is 3.32. The average Bonchev–Trinajstić information content (AvgIpc) is 2.54. The summed E-state index contributed by atoms with van der Waals surface area (Å²) >= 11 is 0. The molecule has 5 atom stereocenters. The van der Waals surface area contributed by atoms with Gasteiger partial charge in [-0.25, -0.2) is 0 Å². The maximum Gasteiger partial charge on any atom is 0.309 e. The molecule has 17 heavy (non-hydrogen) atoms. The number of esters is 1. The summed E-state index contributed by atoms with van der Waals surface area (Å²) in [7, 11) is 0. The molecule has 0 spiro atoms. The third-order valence-corrected chi connectivity index (χ3v) is 5.50. The molecule has 1 heterocycles. The highest BCUT2D eigenvalue weighted by Gasteiger charge is 2.55. The first-order valence-corrected chi connectivity index (χ1v) is 6.91. The standard InChI is InChI=1S/C15H22O2/c1-9-5-4-7-15(3)8-6-11-10(2)14(16)17-13(11)12(9)15/h10-13H,1,4-8H2,2-3H3/t10-,11-,12+,13-,15-/m0/s1. The van der Waals surface area contributed by atoms with Gasteiger partial charge in [0.1, 0.15) is 6.10 Å². The van der Waals surface area contributed by atoms with Crippen LogP contribution < -0.4 is 0 Å². The van der Waals surface area contributed by atoms with Crippen LogP contribution in [0, 0.1) is 23.2 Å². The second-order valence-corrected chi connectivity index (χ2v) is 6.54. The van der Waals surface area contributed by atoms with E-state index in [2.05, 4.69) is 13.5 Å². The number of carbonyl (C=O) groups excluding carboxylic acids is 1. The van der Waals surface area contributed by atoms with E-state index in [-0.39, 0.29) is 18.0 Å². The lowest BCUT2D eigenvalue weighted by Crippen LogP contribution is -2.47. The fourth-order valence-electron chi connectivity index (χ4n) is 4.45. The van der Waals surface area contributed by atoms with Gasteiger partial charge in [-0.1, -0.05) is 26.0 Å². The van der Waals surface area contributed by atoms with Crippen LogP contribution in [-0.4, -0.2) is 12.1 Å². The highest BCUT2D eigenvalue weighted by Crippen LogP contribution is 2.57. The molecule has 0 N–H and O–H groups in total. The van der Waals surface area contributed by atoms with Gasteiger partial charge in [-0.15, -0.1) is 0 Å². The van der Waals surface area contributed by atoms with E-state index >= 15 is 0 Å². The van der Waals surface area contributed by atoms with E-state index in [0.717, 1.165) is 12.8 Å². The molecule has 2 aliphatic carbocycles. The van der Waals surface area contributed by atoms with Gasteiger partial charge >= 0.3 is 5.97 Å². The molecule has 0 bridgehead atoms. The number of hydrogen-bond acceptors (Lipinski definition) is 2. The van der Waals surface area contributed by atoms with Gasteiger partial charge in [0.2, 0.25) is 0 Å². The summed E-state index contributed by atoms with van der Waals surface area (Å²) in [6.45, 7) is 8.66. The Morgan fingerprint density at radius 2 is 2.18 bits per heavy atom. The second kappa shape index (κ2) is 3.60. The van der Waals surface area contributed by atoms with Crippen LogP contribution in [0.15, 0.2) is 12.2 Å². The van der Waals surface area contributed by atoms with Crippen molar-refractivity contribution in [3.63, 3.8) is 0 Å². The van der Waals surface area contributed by atoms with Crippen LogP contribution >= 0.6 is 0 Å². The lowest BCUT2D eigenvalue weighted by molar-refractivity contribution is -0.148. The molecule has 2 nitrogen and oxygen atoms in total. The Morgan fingerprint density at radius 1 is 1.41 bits per heavy atom. The molecule has 0 unspecified atom stereocenters. The van der Waals surface area contributed by atoms with Crippen molar-refractivity contribution in [1.82, 2.24) is 0 Å². The second-order valence-electron chi connectivity index (χ2n) is 6.54. The van der Waals surface area contributed by atoms with Gasteiger partial charge in [0.25, 0.3) is 0 Å². The first-order valence-electron chi connectivity index (χ1n) is 6.91. The molecule has 0 aromatic carbocycles. The Hall–Kier alpha value is -0.790. The first kappa shape index (κ1) is 11.3. The van der Waals surface area contributed by atoms with E-state index < -0.39 is 0 Å². The monoisotopic (exact) mass is 234 g/mol. The van der Waals surface area contributed by atoms with Crippen LogP contribution in [0.4, 0.5) is 0 Å². The highest BCUT2D eigenvalue weighted by atomic mass is 16.6. The van der Waals surface area contributed by atoms with Gasteiger partial charge < -0.3 is 4.74 Å². The fourth-order valence-corrected chi connectivity index (χ4v) is 4.45. The Kier molecular flexibility index (Phi) is 2.39. The third kappa shape index (κ3) is 1.49. The molecule has 2 heteroatoms. The third-order valence-electron chi connectivity index (χ3n) is 5.50. The molecule has 0 aromatic heterocycles. The quantitative estimate of drug-likeness (QED) is 0.475. The summed E-state index contributed by atoms with van der Waals surface area (Å²) in [5.41, 5.74) is 1.66. The van der Waals surface area contributed by atoms with Crippen LogP contribution in [0.3, 0.4) is 0 Å². The van der Waals surface area contributed by atoms with E-state index in [4.69, 9.17) is 4.74 Å². The minimum atomic E-state index is 0.0163. The van der Waals surface area contributed by atoms with Crippen molar-refractivity contribution < 1.29 is 9.53 Å². The molecular weight excluding hydrogens is 212 g/mol. The van der Waals surface area contributed by atoms with Crippen molar-refractivity contribution in [3.8, 4) is 0 Å².